The van der Waals surface area contributed by atoms with Gasteiger partial charge in [0, 0.05) is 36.2 Å². The molecule has 0 bridgehead atoms. The molecule has 0 saturated carbocycles. The molecule has 1 aliphatic heterocycles. The van der Waals surface area contributed by atoms with Gasteiger partial charge in [-0.2, -0.15) is 0 Å². The molecule has 3 rings (SSSR count). The molecule has 1 saturated heterocycles. The Balaban J connectivity index is 2.12. The molecule has 1 aromatic heterocycles. The van der Waals surface area contributed by atoms with Crippen LogP contribution in [0.15, 0.2) is 33.5 Å². The summed E-state index contributed by atoms with van der Waals surface area (Å²) < 4.78 is 5.18. The molecule has 0 radical (unpaired) electrons. The zero-order valence-electron chi connectivity index (χ0n) is 10.4. The van der Waals surface area contributed by atoms with Gasteiger partial charge in [0.15, 0.2) is 0 Å². The van der Waals surface area contributed by atoms with Gasteiger partial charge in [0.1, 0.15) is 5.58 Å². The summed E-state index contributed by atoms with van der Waals surface area (Å²) in [6.07, 6.45) is 0.345. The highest BCUT2D eigenvalue weighted by molar-refractivity contribution is 6.24. The van der Waals surface area contributed by atoms with Gasteiger partial charge in [0.2, 0.25) is 5.91 Å². The molecule has 1 aromatic carbocycles. The van der Waals surface area contributed by atoms with Crippen LogP contribution in [0.4, 0.5) is 5.69 Å². The fraction of sp³-hybridized carbons (Fsp3) is 0.286. The molecule has 1 aliphatic rings. The highest BCUT2D eigenvalue weighted by Crippen LogP contribution is 2.28. The molecule has 0 N–H and O–H groups in total. The number of halogens is 1. The molecule has 19 heavy (non-hydrogen) atoms. The Morgan fingerprint density at radius 3 is 2.79 bits per heavy atom. The van der Waals surface area contributed by atoms with Crippen molar-refractivity contribution in [1.82, 2.24) is 0 Å². The van der Waals surface area contributed by atoms with E-state index >= 15 is 0 Å². The van der Waals surface area contributed by atoms with Crippen LogP contribution < -0.4 is 10.5 Å². The van der Waals surface area contributed by atoms with Crippen molar-refractivity contribution in [3.63, 3.8) is 0 Å². The van der Waals surface area contributed by atoms with E-state index in [1.165, 1.54) is 6.07 Å². The quantitative estimate of drug-likeness (QED) is 0.594. The van der Waals surface area contributed by atoms with Crippen molar-refractivity contribution in [1.29, 1.82) is 0 Å². The minimum absolute atomic E-state index is 0.00523. The first-order chi connectivity index (χ1) is 9.04. The molecule has 98 valence electrons. The van der Waals surface area contributed by atoms with E-state index in [0.29, 0.717) is 18.5 Å². The summed E-state index contributed by atoms with van der Waals surface area (Å²) in [6.45, 7) is 2.34. The third-order valence-corrected chi connectivity index (χ3v) is 3.62. The molecule has 0 aliphatic carbocycles. The first kappa shape index (κ1) is 12.2. The Morgan fingerprint density at radius 2 is 2.11 bits per heavy atom. The Bertz CT molecular complexity index is 722. The van der Waals surface area contributed by atoms with E-state index in [2.05, 4.69) is 0 Å². The average Bonchev–Trinajstić information content (AvgIpc) is 2.67. The lowest BCUT2D eigenvalue weighted by molar-refractivity contribution is -0.117. The number of fused-ring (bicyclic) bond motifs is 1. The number of rotatable bonds is 1. The SMILES string of the molecule is Cc1cc(=O)oc2cc(N3CC(Cl)CC3=O)ccc12. The Kier molecular flexibility index (Phi) is 2.82. The molecule has 1 atom stereocenters. The second-order valence-electron chi connectivity index (χ2n) is 4.73. The minimum Gasteiger partial charge on any atom is -0.423 e. The molecule has 1 fully saturated rings. The van der Waals surface area contributed by atoms with Crippen molar-refractivity contribution in [3.05, 3.63) is 40.2 Å². The first-order valence-electron chi connectivity index (χ1n) is 6.03. The molecule has 1 unspecified atom stereocenters. The van der Waals surface area contributed by atoms with Crippen LogP contribution in [0.1, 0.15) is 12.0 Å². The van der Waals surface area contributed by atoms with E-state index in [0.717, 1.165) is 16.6 Å². The number of hydrogen-bond donors (Lipinski definition) is 0. The number of hydrogen-bond acceptors (Lipinski definition) is 3. The fourth-order valence-corrected chi connectivity index (χ4v) is 2.67. The number of benzene rings is 1. The lowest BCUT2D eigenvalue weighted by Crippen LogP contribution is -2.24. The van der Waals surface area contributed by atoms with Crippen LogP contribution in [0, 0.1) is 6.92 Å². The maximum absolute atomic E-state index is 11.8. The van der Waals surface area contributed by atoms with Gasteiger partial charge in [0.05, 0.1) is 5.38 Å². The number of aryl methyl sites for hydroxylation is 1. The van der Waals surface area contributed by atoms with Crippen LogP contribution in [0.5, 0.6) is 0 Å². The minimum atomic E-state index is -0.384. The van der Waals surface area contributed by atoms with E-state index in [1.807, 2.05) is 19.1 Å². The Labute approximate surface area is 114 Å². The summed E-state index contributed by atoms with van der Waals surface area (Å²) in [4.78, 5) is 24.8. The van der Waals surface area contributed by atoms with Crippen LogP contribution in [0.3, 0.4) is 0 Å². The standard InChI is InChI=1S/C14H12ClNO3/c1-8-4-14(18)19-12-6-10(2-3-11(8)12)16-7-9(15)5-13(16)17/h2-4,6,9H,5,7H2,1H3. The summed E-state index contributed by atoms with van der Waals surface area (Å²) in [7, 11) is 0. The van der Waals surface area contributed by atoms with Crippen molar-refractivity contribution in [3.8, 4) is 0 Å². The number of carbonyl (C=O) groups is 1. The van der Waals surface area contributed by atoms with Gasteiger partial charge in [-0.3, -0.25) is 4.79 Å². The zero-order chi connectivity index (χ0) is 13.6. The van der Waals surface area contributed by atoms with Crippen LogP contribution in [0.2, 0.25) is 0 Å². The topological polar surface area (TPSA) is 50.5 Å². The molecule has 1 amide bonds. The van der Waals surface area contributed by atoms with Crippen LogP contribution >= 0.6 is 11.6 Å². The molecular weight excluding hydrogens is 266 g/mol. The number of alkyl halides is 1. The van der Waals surface area contributed by atoms with Gasteiger partial charge in [0.25, 0.3) is 0 Å². The highest BCUT2D eigenvalue weighted by atomic mass is 35.5. The molecule has 2 heterocycles. The summed E-state index contributed by atoms with van der Waals surface area (Å²) in [5, 5.41) is 0.713. The summed E-state index contributed by atoms with van der Waals surface area (Å²) in [5.41, 5.74) is 1.69. The van der Waals surface area contributed by atoms with E-state index < -0.39 is 0 Å². The zero-order valence-corrected chi connectivity index (χ0v) is 11.1. The van der Waals surface area contributed by atoms with Crippen molar-refractivity contribution in [2.24, 2.45) is 0 Å². The Morgan fingerprint density at radius 1 is 1.32 bits per heavy atom. The van der Waals surface area contributed by atoms with Gasteiger partial charge < -0.3 is 9.32 Å². The Hall–Kier alpha value is -1.81. The van der Waals surface area contributed by atoms with Crippen molar-refractivity contribution in [2.45, 2.75) is 18.7 Å². The van der Waals surface area contributed by atoms with Crippen LogP contribution in [0.25, 0.3) is 11.0 Å². The fourth-order valence-electron chi connectivity index (χ4n) is 2.40. The monoisotopic (exact) mass is 277 g/mol. The van der Waals surface area contributed by atoms with Crippen LogP contribution in [-0.2, 0) is 4.79 Å². The third kappa shape index (κ3) is 2.12. The van der Waals surface area contributed by atoms with Gasteiger partial charge in [-0.25, -0.2) is 4.79 Å². The summed E-state index contributed by atoms with van der Waals surface area (Å²) in [5.74, 6) is -0.00523. The van der Waals surface area contributed by atoms with Crippen molar-refractivity contribution < 1.29 is 9.21 Å². The third-order valence-electron chi connectivity index (χ3n) is 3.32. The van der Waals surface area contributed by atoms with Gasteiger partial charge >= 0.3 is 5.63 Å². The van der Waals surface area contributed by atoms with Gasteiger partial charge in [-0.15, -0.1) is 11.6 Å². The van der Waals surface area contributed by atoms with Crippen molar-refractivity contribution in [2.75, 3.05) is 11.4 Å². The molecule has 4 nitrogen and oxygen atoms in total. The number of anilines is 1. The van der Waals surface area contributed by atoms with E-state index in [4.69, 9.17) is 16.0 Å². The van der Waals surface area contributed by atoms with E-state index in [9.17, 15) is 9.59 Å². The molecule has 2 aromatic rings. The number of nitrogens with zero attached hydrogens (tertiary/aromatic N) is 1. The second kappa shape index (κ2) is 4.38. The van der Waals surface area contributed by atoms with Gasteiger partial charge in [-0.05, 0) is 24.6 Å². The maximum atomic E-state index is 11.8. The normalized spacial score (nSPS) is 19.4. The van der Waals surface area contributed by atoms with Crippen LogP contribution in [-0.4, -0.2) is 17.8 Å². The predicted octanol–water partition coefficient (Wildman–Crippen LogP) is 2.45. The molecular formula is C14H12ClNO3. The second-order valence-corrected chi connectivity index (χ2v) is 5.35. The lowest BCUT2D eigenvalue weighted by Gasteiger charge is -2.16. The largest absolute Gasteiger partial charge is 0.423 e. The molecule has 5 heteroatoms. The number of carbonyl (C=O) groups excluding carboxylic acids is 1. The van der Waals surface area contributed by atoms with Crippen molar-refractivity contribution >= 4 is 34.2 Å². The highest BCUT2D eigenvalue weighted by Gasteiger charge is 2.29. The average molecular weight is 278 g/mol. The summed E-state index contributed by atoms with van der Waals surface area (Å²) in [6, 6.07) is 6.88. The maximum Gasteiger partial charge on any atom is 0.336 e. The number of amides is 1. The predicted molar refractivity (Wildman–Crippen MR) is 73.8 cm³/mol. The van der Waals surface area contributed by atoms with E-state index in [-0.39, 0.29) is 16.9 Å². The smallest absolute Gasteiger partial charge is 0.336 e. The lowest BCUT2D eigenvalue weighted by atomic mass is 10.1. The summed E-state index contributed by atoms with van der Waals surface area (Å²) >= 11 is 5.98. The molecule has 0 spiro atoms. The van der Waals surface area contributed by atoms with Gasteiger partial charge in [-0.1, -0.05) is 0 Å². The van der Waals surface area contributed by atoms with E-state index in [1.54, 1.807) is 11.0 Å². The first-order valence-corrected chi connectivity index (χ1v) is 6.47.